The molecule has 0 fully saturated rings. The second-order valence-corrected chi connectivity index (χ2v) is 8.91. The van der Waals surface area contributed by atoms with Gasteiger partial charge >= 0.3 is 0 Å². The minimum atomic E-state index is -1.55. The van der Waals surface area contributed by atoms with Gasteiger partial charge in [0.1, 0.15) is 5.76 Å². The smallest absolute Gasteiger partial charge is 0.224 e. The number of allylic oxidation sites excluding steroid dienone is 8. The Kier molecular flexibility index (Phi) is 6.37. The van der Waals surface area contributed by atoms with Crippen molar-refractivity contribution >= 4 is 17.2 Å². The second-order valence-electron chi connectivity index (χ2n) is 8.13. The van der Waals surface area contributed by atoms with E-state index in [9.17, 15) is 20.1 Å². The van der Waals surface area contributed by atoms with Crippen molar-refractivity contribution in [1.29, 1.82) is 0 Å². The molecule has 0 aliphatic heterocycles. The van der Waals surface area contributed by atoms with E-state index < -0.39 is 6.29 Å². The Bertz CT molecular complexity index is 936. The Hall–Kier alpha value is -2.41. The zero-order valence-electron chi connectivity index (χ0n) is 16.7. The van der Waals surface area contributed by atoms with Crippen LogP contribution in [0, 0.1) is 11.8 Å². The standard InChI is InChI=1S/C24H27NO4S/c26-20-6-4-16-11-15(1-3-17(16)12-20)2-8-23(27)25-22-7-5-18(13-21(22)24(28)29)19-9-10-30-14-19/h1,3-4,6,9-12,14,16-18,24,26,28-29H,2,5,7-8,13H2,(H,25,27). The van der Waals surface area contributed by atoms with Crippen LogP contribution >= 0.6 is 11.3 Å². The molecular weight excluding hydrogens is 398 g/mol. The largest absolute Gasteiger partial charge is 0.508 e. The van der Waals surface area contributed by atoms with Crippen LogP contribution in [-0.4, -0.2) is 27.5 Å². The molecule has 3 aliphatic carbocycles. The molecule has 5 nitrogen and oxygen atoms in total. The third-order valence-electron chi connectivity index (χ3n) is 6.09. The number of hydrogen-bond acceptors (Lipinski definition) is 5. The van der Waals surface area contributed by atoms with Crippen LogP contribution < -0.4 is 5.32 Å². The number of thiophene rings is 1. The molecule has 0 aromatic carbocycles. The highest BCUT2D eigenvalue weighted by Crippen LogP contribution is 2.37. The summed E-state index contributed by atoms with van der Waals surface area (Å²) in [6.07, 6.45) is 13.2. The van der Waals surface area contributed by atoms with Crippen molar-refractivity contribution in [3.8, 4) is 0 Å². The number of carbonyl (C=O) groups is 1. The Balaban J connectivity index is 1.35. The summed E-state index contributed by atoms with van der Waals surface area (Å²) >= 11 is 1.64. The quantitative estimate of drug-likeness (QED) is 0.514. The van der Waals surface area contributed by atoms with Crippen LogP contribution in [0.15, 0.2) is 75.9 Å². The number of carbonyl (C=O) groups excluding carboxylic acids is 1. The highest BCUT2D eigenvalue weighted by Gasteiger charge is 2.27. The maximum absolute atomic E-state index is 12.5. The highest BCUT2D eigenvalue weighted by atomic mass is 32.1. The normalized spacial score (nSPS) is 25.8. The molecular formula is C24H27NO4S. The molecule has 0 bridgehead atoms. The molecule has 30 heavy (non-hydrogen) atoms. The van der Waals surface area contributed by atoms with E-state index in [1.807, 2.05) is 23.6 Å². The number of aliphatic hydroxyl groups is 3. The molecule has 1 aromatic rings. The van der Waals surface area contributed by atoms with Crippen molar-refractivity contribution in [2.75, 3.05) is 0 Å². The average molecular weight is 426 g/mol. The van der Waals surface area contributed by atoms with Gasteiger partial charge in [0.25, 0.3) is 0 Å². The summed E-state index contributed by atoms with van der Waals surface area (Å²) in [7, 11) is 0. The molecule has 3 atom stereocenters. The number of aliphatic hydroxyl groups excluding tert-OH is 2. The van der Waals surface area contributed by atoms with Crippen molar-refractivity contribution in [3.63, 3.8) is 0 Å². The summed E-state index contributed by atoms with van der Waals surface area (Å²) in [6, 6.07) is 2.08. The number of fused-ring (bicyclic) bond motifs is 1. The van der Waals surface area contributed by atoms with Gasteiger partial charge in [-0.25, -0.2) is 0 Å². The first kappa shape index (κ1) is 20.8. The van der Waals surface area contributed by atoms with Crippen LogP contribution in [0.5, 0.6) is 0 Å². The predicted molar refractivity (Wildman–Crippen MR) is 118 cm³/mol. The van der Waals surface area contributed by atoms with Crippen molar-refractivity contribution in [3.05, 3.63) is 81.4 Å². The molecule has 0 saturated heterocycles. The molecule has 0 spiro atoms. The average Bonchev–Trinajstić information content (AvgIpc) is 3.27. The summed E-state index contributed by atoms with van der Waals surface area (Å²) < 4.78 is 0. The zero-order chi connectivity index (χ0) is 21.1. The number of nitrogens with one attached hydrogen (secondary N) is 1. The maximum atomic E-state index is 12.5. The summed E-state index contributed by atoms with van der Waals surface area (Å²) in [6.45, 7) is 0. The lowest BCUT2D eigenvalue weighted by atomic mass is 9.82. The fraction of sp³-hybridized carbons (Fsp3) is 0.375. The Morgan fingerprint density at radius 1 is 1.20 bits per heavy atom. The molecule has 6 heteroatoms. The van der Waals surface area contributed by atoms with Gasteiger partial charge < -0.3 is 20.6 Å². The number of rotatable bonds is 6. The van der Waals surface area contributed by atoms with Gasteiger partial charge in [0.2, 0.25) is 5.91 Å². The van der Waals surface area contributed by atoms with E-state index in [4.69, 9.17) is 0 Å². The van der Waals surface area contributed by atoms with Crippen molar-refractivity contribution < 1.29 is 20.1 Å². The molecule has 158 valence electrons. The van der Waals surface area contributed by atoms with E-state index in [2.05, 4.69) is 28.9 Å². The third kappa shape index (κ3) is 4.83. The summed E-state index contributed by atoms with van der Waals surface area (Å²) in [5, 5.41) is 36.4. The monoisotopic (exact) mass is 425 g/mol. The van der Waals surface area contributed by atoms with Gasteiger partial charge in [-0.3, -0.25) is 4.79 Å². The number of hydrogen-bond donors (Lipinski definition) is 4. The molecule has 0 radical (unpaired) electrons. The summed E-state index contributed by atoms with van der Waals surface area (Å²) in [5.41, 5.74) is 3.50. The predicted octanol–water partition coefficient (Wildman–Crippen LogP) is 4.22. The minimum Gasteiger partial charge on any atom is -0.508 e. The van der Waals surface area contributed by atoms with Gasteiger partial charge in [0.15, 0.2) is 6.29 Å². The SMILES string of the molecule is O=C(CCC1=CC2C=CC(O)=CC2C=C1)NC1=C(C(O)O)CC(c2ccsc2)CC1. The molecule has 0 saturated carbocycles. The van der Waals surface area contributed by atoms with E-state index in [1.54, 1.807) is 17.4 Å². The molecule has 3 aliphatic rings. The Morgan fingerprint density at radius 2 is 2.00 bits per heavy atom. The first-order valence-corrected chi connectivity index (χ1v) is 11.3. The van der Waals surface area contributed by atoms with Crippen LogP contribution in [0.4, 0.5) is 0 Å². The fourth-order valence-corrected chi connectivity index (χ4v) is 5.15. The van der Waals surface area contributed by atoms with Crippen LogP contribution in [0.3, 0.4) is 0 Å². The van der Waals surface area contributed by atoms with Gasteiger partial charge in [-0.1, -0.05) is 29.9 Å². The highest BCUT2D eigenvalue weighted by molar-refractivity contribution is 7.08. The van der Waals surface area contributed by atoms with E-state index in [-0.39, 0.29) is 23.7 Å². The number of amides is 1. The molecule has 4 rings (SSSR count). The van der Waals surface area contributed by atoms with Gasteiger partial charge in [0, 0.05) is 29.5 Å². The molecule has 3 unspecified atom stereocenters. The van der Waals surface area contributed by atoms with E-state index in [0.717, 1.165) is 12.0 Å². The van der Waals surface area contributed by atoms with E-state index in [1.165, 1.54) is 5.56 Å². The molecule has 4 N–H and O–H groups in total. The zero-order valence-corrected chi connectivity index (χ0v) is 17.5. The van der Waals surface area contributed by atoms with E-state index in [0.29, 0.717) is 42.7 Å². The Morgan fingerprint density at radius 3 is 2.77 bits per heavy atom. The topological polar surface area (TPSA) is 89.8 Å². The van der Waals surface area contributed by atoms with Crippen LogP contribution in [0.25, 0.3) is 0 Å². The lowest BCUT2D eigenvalue weighted by Gasteiger charge is -2.28. The van der Waals surface area contributed by atoms with Gasteiger partial charge in [-0.05, 0) is 66.1 Å². The molecule has 1 heterocycles. The lowest BCUT2D eigenvalue weighted by molar-refractivity contribution is -0.120. The van der Waals surface area contributed by atoms with Crippen LogP contribution in [0.1, 0.15) is 43.6 Å². The van der Waals surface area contributed by atoms with Gasteiger partial charge in [-0.15, -0.1) is 0 Å². The molecule has 1 amide bonds. The van der Waals surface area contributed by atoms with Crippen LogP contribution in [0.2, 0.25) is 0 Å². The second kappa shape index (κ2) is 9.16. The van der Waals surface area contributed by atoms with Crippen LogP contribution in [-0.2, 0) is 4.79 Å². The Labute approximate surface area is 180 Å². The van der Waals surface area contributed by atoms with Gasteiger partial charge in [-0.2, -0.15) is 11.3 Å². The lowest BCUT2D eigenvalue weighted by Crippen LogP contribution is -2.30. The first-order valence-electron chi connectivity index (χ1n) is 10.4. The minimum absolute atomic E-state index is 0.106. The van der Waals surface area contributed by atoms with Crippen molar-refractivity contribution in [2.24, 2.45) is 11.8 Å². The van der Waals surface area contributed by atoms with Crippen molar-refractivity contribution in [1.82, 2.24) is 5.32 Å². The fourth-order valence-electron chi connectivity index (χ4n) is 4.41. The summed E-state index contributed by atoms with van der Waals surface area (Å²) in [4.78, 5) is 12.5. The molecule has 1 aromatic heterocycles. The van der Waals surface area contributed by atoms with E-state index >= 15 is 0 Å². The van der Waals surface area contributed by atoms with Crippen molar-refractivity contribution in [2.45, 2.75) is 44.3 Å². The first-order chi connectivity index (χ1) is 14.5. The maximum Gasteiger partial charge on any atom is 0.224 e. The van der Waals surface area contributed by atoms with Gasteiger partial charge in [0.05, 0.1) is 0 Å². The summed E-state index contributed by atoms with van der Waals surface area (Å²) in [5.74, 6) is 0.836. The third-order valence-corrected chi connectivity index (χ3v) is 6.79.